The zero-order chi connectivity index (χ0) is 15.8. The first-order valence-corrected chi connectivity index (χ1v) is 7.67. The molecule has 1 atom stereocenters. The Bertz CT molecular complexity index is 893. The van der Waals surface area contributed by atoms with Gasteiger partial charge in [0.15, 0.2) is 5.65 Å². The molecule has 0 aromatic carbocycles. The van der Waals surface area contributed by atoms with Crippen LogP contribution in [-0.4, -0.2) is 30.6 Å². The number of carbonyl (C=O) groups excluding carboxylic acids is 1. The minimum Gasteiger partial charge on any atom is -0.317 e. The van der Waals surface area contributed by atoms with E-state index >= 15 is 0 Å². The molecule has 4 rings (SSSR count). The van der Waals surface area contributed by atoms with E-state index in [4.69, 9.17) is 11.6 Å². The van der Waals surface area contributed by atoms with E-state index < -0.39 is 0 Å². The fourth-order valence-corrected chi connectivity index (χ4v) is 2.92. The van der Waals surface area contributed by atoms with Crippen LogP contribution >= 0.6 is 11.6 Å². The highest BCUT2D eigenvalue weighted by Crippen LogP contribution is 2.21. The molecular weight excluding hydrogens is 316 g/mol. The van der Waals surface area contributed by atoms with Crippen molar-refractivity contribution < 1.29 is 4.79 Å². The van der Waals surface area contributed by atoms with Crippen LogP contribution in [0.4, 0.5) is 5.82 Å². The maximum Gasteiger partial charge on any atom is 0.230 e. The minimum atomic E-state index is -0.117. The number of aromatic nitrogens is 5. The molecule has 3 aromatic rings. The molecule has 1 aliphatic heterocycles. The molecule has 0 spiro atoms. The summed E-state index contributed by atoms with van der Waals surface area (Å²) in [6.45, 7) is 0.593. The van der Waals surface area contributed by atoms with Gasteiger partial charge >= 0.3 is 0 Å². The molecule has 0 fully saturated rings. The number of hydrogen-bond donors (Lipinski definition) is 1. The van der Waals surface area contributed by atoms with Gasteiger partial charge in [-0.2, -0.15) is 0 Å². The number of nitrogens with one attached hydrogen (secondary N) is 1. The first-order chi connectivity index (χ1) is 11.2. The molecule has 0 saturated carbocycles. The van der Waals surface area contributed by atoms with E-state index in [-0.39, 0.29) is 11.8 Å². The van der Waals surface area contributed by atoms with Crippen molar-refractivity contribution in [2.75, 3.05) is 5.32 Å². The van der Waals surface area contributed by atoms with Gasteiger partial charge in [0.25, 0.3) is 0 Å². The van der Waals surface area contributed by atoms with Crippen LogP contribution in [0.25, 0.3) is 11.0 Å². The quantitative estimate of drug-likeness (QED) is 0.778. The van der Waals surface area contributed by atoms with Gasteiger partial charge in [0.2, 0.25) is 5.91 Å². The molecular formula is C15H13ClN6O. The van der Waals surface area contributed by atoms with Gasteiger partial charge in [0.05, 0.1) is 10.9 Å². The van der Waals surface area contributed by atoms with Crippen LogP contribution in [0.2, 0.25) is 5.02 Å². The lowest BCUT2D eigenvalue weighted by Gasteiger charge is -2.22. The SMILES string of the molecule is O=C(Nc1ccc2cc(Cl)cnc2n1)C1CCc2nncn2C1. The summed E-state index contributed by atoms with van der Waals surface area (Å²) in [6.07, 6.45) is 4.71. The Balaban J connectivity index is 1.51. The van der Waals surface area contributed by atoms with E-state index in [0.29, 0.717) is 23.0 Å². The molecule has 0 radical (unpaired) electrons. The van der Waals surface area contributed by atoms with Crippen LogP contribution in [0.5, 0.6) is 0 Å². The zero-order valence-electron chi connectivity index (χ0n) is 12.1. The number of hydrogen-bond acceptors (Lipinski definition) is 5. The Labute approximate surface area is 136 Å². The van der Waals surface area contributed by atoms with Crippen LogP contribution in [0.3, 0.4) is 0 Å². The number of anilines is 1. The predicted octanol–water partition coefficient (Wildman–Crippen LogP) is 2.08. The molecule has 0 bridgehead atoms. The number of halogens is 1. The second-order valence-corrected chi connectivity index (χ2v) is 5.96. The van der Waals surface area contributed by atoms with Crippen LogP contribution in [0.1, 0.15) is 12.2 Å². The number of fused-ring (bicyclic) bond motifs is 2. The molecule has 7 nitrogen and oxygen atoms in total. The standard InChI is InChI=1S/C15H13ClN6O/c16-11-5-9-1-3-12(19-14(9)17-6-11)20-15(23)10-2-4-13-21-18-8-22(13)7-10/h1,3,5-6,8,10H,2,4,7H2,(H,17,19,20,23). The molecule has 1 unspecified atom stereocenters. The van der Waals surface area contributed by atoms with Gasteiger partial charge in [-0.3, -0.25) is 4.79 Å². The van der Waals surface area contributed by atoms with E-state index in [9.17, 15) is 4.79 Å². The summed E-state index contributed by atoms with van der Waals surface area (Å²) in [7, 11) is 0. The van der Waals surface area contributed by atoms with Crippen LogP contribution < -0.4 is 5.32 Å². The fourth-order valence-electron chi connectivity index (χ4n) is 2.75. The smallest absolute Gasteiger partial charge is 0.230 e. The van der Waals surface area contributed by atoms with Crippen LogP contribution in [0, 0.1) is 5.92 Å². The minimum absolute atomic E-state index is 0.0508. The van der Waals surface area contributed by atoms with E-state index in [0.717, 1.165) is 24.1 Å². The van der Waals surface area contributed by atoms with E-state index in [1.165, 1.54) is 6.20 Å². The molecule has 8 heteroatoms. The molecule has 0 saturated heterocycles. The summed E-state index contributed by atoms with van der Waals surface area (Å²) in [4.78, 5) is 21.0. The first kappa shape index (κ1) is 14.1. The van der Waals surface area contributed by atoms with Crippen molar-refractivity contribution in [3.63, 3.8) is 0 Å². The molecule has 23 heavy (non-hydrogen) atoms. The lowest BCUT2D eigenvalue weighted by Crippen LogP contribution is -2.31. The van der Waals surface area contributed by atoms with Crippen molar-refractivity contribution in [1.82, 2.24) is 24.7 Å². The fraction of sp³-hybridized carbons (Fsp3) is 0.267. The van der Waals surface area contributed by atoms with Crippen molar-refractivity contribution in [3.05, 3.63) is 41.6 Å². The molecule has 4 heterocycles. The number of pyridine rings is 2. The predicted molar refractivity (Wildman–Crippen MR) is 85.0 cm³/mol. The summed E-state index contributed by atoms with van der Waals surface area (Å²) in [5.41, 5.74) is 0.553. The summed E-state index contributed by atoms with van der Waals surface area (Å²) in [6, 6.07) is 5.39. The Morgan fingerprint density at radius 1 is 1.39 bits per heavy atom. The molecule has 1 amide bonds. The Morgan fingerprint density at radius 2 is 2.30 bits per heavy atom. The normalized spacial score (nSPS) is 17.0. The highest BCUT2D eigenvalue weighted by molar-refractivity contribution is 6.31. The maximum absolute atomic E-state index is 12.4. The van der Waals surface area contributed by atoms with Crippen molar-refractivity contribution in [2.45, 2.75) is 19.4 Å². The second-order valence-electron chi connectivity index (χ2n) is 5.52. The highest BCUT2D eigenvalue weighted by Gasteiger charge is 2.25. The largest absolute Gasteiger partial charge is 0.317 e. The van der Waals surface area contributed by atoms with Gasteiger partial charge in [-0.25, -0.2) is 9.97 Å². The van der Waals surface area contributed by atoms with Crippen molar-refractivity contribution in [3.8, 4) is 0 Å². The second kappa shape index (κ2) is 5.58. The van der Waals surface area contributed by atoms with Gasteiger partial charge in [0, 0.05) is 24.5 Å². The third kappa shape index (κ3) is 2.75. The molecule has 1 N–H and O–H groups in total. The Hall–Kier alpha value is -2.54. The monoisotopic (exact) mass is 328 g/mol. The van der Waals surface area contributed by atoms with Gasteiger partial charge < -0.3 is 9.88 Å². The summed E-state index contributed by atoms with van der Waals surface area (Å²) < 4.78 is 1.92. The summed E-state index contributed by atoms with van der Waals surface area (Å²) in [5, 5.41) is 12.2. The van der Waals surface area contributed by atoms with Crippen molar-refractivity contribution >= 4 is 34.4 Å². The maximum atomic E-state index is 12.4. The number of aryl methyl sites for hydroxylation is 1. The average Bonchev–Trinajstić information content (AvgIpc) is 3.02. The summed E-state index contributed by atoms with van der Waals surface area (Å²) in [5.74, 6) is 1.25. The van der Waals surface area contributed by atoms with Crippen molar-refractivity contribution in [2.24, 2.45) is 5.92 Å². The van der Waals surface area contributed by atoms with E-state index in [2.05, 4.69) is 25.5 Å². The summed E-state index contributed by atoms with van der Waals surface area (Å²) >= 11 is 5.90. The molecule has 1 aliphatic rings. The van der Waals surface area contributed by atoms with E-state index in [1.54, 1.807) is 18.5 Å². The van der Waals surface area contributed by atoms with Gasteiger partial charge in [-0.1, -0.05) is 11.6 Å². The molecule has 0 aliphatic carbocycles. The lowest BCUT2D eigenvalue weighted by molar-refractivity contribution is -0.120. The van der Waals surface area contributed by atoms with E-state index in [1.807, 2.05) is 10.6 Å². The Kier molecular flexibility index (Phi) is 3.42. The van der Waals surface area contributed by atoms with Crippen molar-refractivity contribution in [1.29, 1.82) is 0 Å². The average molecular weight is 329 g/mol. The third-order valence-corrected chi connectivity index (χ3v) is 4.17. The van der Waals surface area contributed by atoms with Gasteiger partial charge in [0.1, 0.15) is 18.0 Å². The lowest BCUT2D eigenvalue weighted by atomic mass is 9.98. The molecule has 3 aromatic heterocycles. The highest BCUT2D eigenvalue weighted by atomic mass is 35.5. The number of amides is 1. The first-order valence-electron chi connectivity index (χ1n) is 7.29. The number of carbonyl (C=O) groups is 1. The number of nitrogens with zero attached hydrogens (tertiary/aromatic N) is 5. The molecule has 116 valence electrons. The number of rotatable bonds is 2. The van der Waals surface area contributed by atoms with Gasteiger partial charge in [-0.15, -0.1) is 10.2 Å². The van der Waals surface area contributed by atoms with Crippen LogP contribution in [0.15, 0.2) is 30.7 Å². The Morgan fingerprint density at radius 3 is 3.22 bits per heavy atom. The third-order valence-electron chi connectivity index (χ3n) is 3.96. The van der Waals surface area contributed by atoms with Gasteiger partial charge in [-0.05, 0) is 24.6 Å². The van der Waals surface area contributed by atoms with Crippen LogP contribution in [-0.2, 0) is 17.8 Å². The topological polar surface area (TPSA) is 85.6 Å². The zero-order valence-corrected chi connectivity index (χ0v) is 12.9.